The highest BCUT2D eigenvalue weighted by atomic mass is 79.9. The third kappa shape index (κ3) is 1.52. The van der Waals surface area contributed by atoms with Crippen LogP contribution < -0.4 is 11.1 Å². The second-order valence-electron chi connectivity index (χ2n) is 2.50. The normalized spacial score (nSPS) is 10.0. The number of halogens is 2. The maximum absolute atomic E-state index is 5.93. The van der Waals surface area contributed by atoms with Gasteiger partial charge in [0.1, 0.15) is 0 Å². The molecule has 0 radical (unpaired) electrons. The molecule has 0 aliphatic carbocycles. The molecule has 0 spiro atoms. The number of hydrogen-bond acceptors (Lipinski definition) is 2. The van der Waals surface area contributed by atoms with Crippen LogP contribution in [0.5, 0.6) is 0 Å². The lowest BCUT2D eigenvalue weighted by Gasteiger charge is -2.11. The summed E-state index contributed by atoms with van der Waals surface area (Å²) in [4.78, 5) is 0. The second-order valence-corrected chi connectivity index (χ2v) is 3.77. The predicted octanol–water partition coefficient (Wildman–Crippen LogP) is 3.03. The zero-order chi connectivity index (χ0) is 9.30. The van der Waals surface area contributed by atoms with Crippen molar-refractivity contribution in [2.24, 2.45) is 0 Å². The molecule has 1 aromatic rings. The van der Waals surface area contributed by atoms with E-state index in [0.29, 0.717) is 10.7 Å². The molecule has 0 saturated carbocycles. The van der Waals surface area contributed by atoms with Gasteiger partial charge in [-0.3, -0.25) is 0 Å². The van der Waals surface area contributed by atoms with Gasteiger partial charge >= 0.3 is 0 Å². The highest BCUT2D eigenvalue weighted by Crippen LogP contribution is 2.35. The Bertz CT molecular complexity index is 312. The number of anilines is 2. The fourth-order valence-electron chi connectivity index (χ4n) is 0.991. The van der Waals surface area contributed by atoms with Crippen molar-refractivity contribution in [1.82, 2.24) is 0 Å². The van der Waals surface area contributed by atoms with Crippen molar-refractivity contribution in [3.8, 4) is 0 Å². The lowest BCUT2D eigenvalue weighted by atomic mass is 10.2. The van der Waals surface area contributed by atoms with Crippen LogP contribution in [0.1, 0.15) is 5.56 Å². The quantitative estimate of drug-likeness (QED) is 0.751. The SMILES string of the molecule is CNc1c(Cl)cc(Br)c(C)c1N. The summed E-state index contributed by atoms with van der Waals surface area (Å²) in [5.41, 5.74) is 8.30. The molecule has 0 aliphatic rings. The molecule has 0 amide bonds. The van der Waals surface area contributed by atoms with E-state index in [9.17, 15) is 0 Å². The third-order valence-corrected chi connectivity index (χ3v) is 2.90. The molecule has 0 aliphatic heterocycles. The molecule has 0 aromatic heterocycles. The maximum Gasteiger partial charge on any atom is 0.0764 e. The monoisotopic (exact) mass is 248 g/mol. The largest absolute Gasteiger partial charge is 0.397 e. The van der Waals surface area contributed by atoms with E-state index in [-0.39, 0.29) is 0 Å². The van der Waals surface area contributed by atoms with E-state index in [4.69, 9.17) is 17.3 Å². The minimum absolute atomic E-state index is 0.632. The number of hydrogen-bond donors (Lipinski definition) is 2. The molecule has 12 heavy (non-hydrogen) atoms. The Labute approximate surface area is 85.2 Å². The van der Waals surface area contributed by atoms with Gasteiger partial charge in [-0.15, -0.1) is 0 Å². The Kier molecular flexibility index (Phi) is 2.85. The first kappa shape index (κ1) is 9.68. The predicted molar refractivity (Wildman–Crippen MR) is 57.8 cm³/mol. The molecule has 0 saturated heterocycles. The zero-order valence-electron chi connectivity index (χ0n) is 6.91. The number of rotatable bonds is 1. The van der Waals surface area contributed by atoms with Crippen LogP contribution >= 0.6 is 27.5 Å². The molecule has 0 atom stereocenters. The van der Waals surface area contributed by atoms with Gasteiger partial charge in [0.25, 0.3) is 0 Å². The van der Waals surface area contributed by atoms with Gasteiger partial charge in [-0.25, -0.2) is 0 Å². The molecular formula is C8H10BrClN2. The molecule has 2 nitrogen and oxygen atoms in total. The summed E-state index contributed by atoms with van der Waals surface area (Å²) in [7, 11) is 1.80. The van der Waals surface area contributed by atoms with Crippen LogP contribution in [-0.4, -0.2) is 7.05 Å². The van der Waals surface area contributed by atoms with Gasteiger partial charge in [0.2, 0.25) is 0 Å². The molecule has 3 N–H and O–H groups in total. The van der Waals surface area contributed by atoms with E-state index in [1.165, 1.54) is 0 Å². The van der Waals surface area contributed by atoms with Crippen molar-refractivity contribution < 1.29 is 0 Å². The molecule has 4 heteroatoms. The van der Waals surface area contributed by atoms with E-state index in [1.54, 1.807) is 7.05 Å². The van der Waals surface area contributed by atoms with E-state index in [0.717, 1.165) is 15.7 Å². The highest BCUT2D eigenvalue weighted by molar-refractivity contribution is 9.10. The molecule has 1 aromatic carbocycles. The van der Waals surface area contributed by atoms with Crippen molar-refractivity contribution in [3.05, 3.63) is 21.1 Å². The zero-order valence-corrected chi connectivity index (χ0v) is 9.25. The van der Waals surface area contributed by atoms with Crippen LogP contribution in [0, 0.1) is 6.92 Å². The van der Waals surface area contributed by atoms with Crippen LogP contribution in [0.3, 0.4) is 0 Å². The molecule has 0 bridgehead atoms. The molecule has 0 unspecified atom stereocenters. The number of nitrogens with one attached hydrogen (secondary N) is 1. The molecule has 0 fully saturated rings. The number of nitrogen functional groups attached to an aromatic ring is 1. The van der Waals surface area contributed by atoms with Crippen molar-refractivity contribution >= 4 is 38.9 Å². The van der Waals surface area contributed by atoms with Gasteiger partial charge in [0, 0.05) is 11.5 Å². The van der Waals surface area contributed by atoms with Gasteiger partial charge in [-0.1, -0.05) is 27.5 Å². The van der Waals surface area contributed by atoms with E-state index in [2.05, 4.69) is 21.2 Å². The summed E-state index contributed by atoms with van der Waals surface area (Å²) >= 11 is 9.30. The van der Waals surface area contributed by atoms with Crippen LogP contribution in [-0.2, 0) is 0 Å². The van der Waals surface area contributed by atoms with Crippen LogP contribution in [0.25, 0.3) is 0 Å². The van der Waals surface area contributed by atoms with Crippen molar-refractivity contribution in [1.29, 1.82) is 0 Å². The summed E-state index contributed by atoms with van der Waals surface area (Å²) in [6.07, 6.45) is 0. The lowest BCUT2D eigenvalue weighted by Crippen LogP contribution is -1.99. The fourth-order valence-corrected chi connectivity index (χ4v) is 1.87. The van der Waals surface area contributed by atoms with Gasteiger partial charge in [0.05, 0.1) is 16.4 Å². The first-order valence-corrected chi connectivity index (χ1v) is 4.66. The van der Waals surface area contributed by atoms with Gasteiger partial charge in [0.15, 0.2) is 0 Å². The standard InChI is InChI=1S/C8H10BrClN2/c1-4-5(9)3-6(10)8(12-2)7(4)11/h3,12H,11H2,1-2H3. The summed E-state index contributed by atoms with van der Waals surface area (Å²) < 4.78 is 0.934. The van der Waals surface area contributed by atoms with Gasteiger partial charge in [-0.2, -0.15) is 0 Å². The van der Waals surface area contributed by atoms with Crippen molar-refractivity contribution in [2.75, 3.05) is 18.1 Å². The third-order valence-electron chi connectivity index (χ3n) is 1.77. The Morgan fingerprint density at radius 2 is 2.17 bits per heavy atom. The van der Waals surface area contributed by atoms with Crippen LogP contribution in [0.2, 0.25) is 5.02 Å². The first-order valence-electron chi connectivity index (χ1n) is 3.49. The smallest absolute Gasteiger partial charge is 0.0764 e. The van der Waals surface area contributed by atoms with E-state index < -0.39 is 0 Å². The van der Waals surface area contributed by atoms with Crippen LogP contribution in [0.4, 0.5) is 11.4 Å². The molecule has 0 heterocycles. The minimum Gasteiger partial charge on any atom is -0.397 e. The van der Waals surface area contributed by atoms with Crippen LogP contribution in [0.15, 0.2) is 10.5 Å². The highest BCUT2D eigenvalue weighted by Gasteiger charge is 2.08. The van der Waals surface area contributed by atoms with Crippen molar-refractivity contribution in [3.63, 3.8) is 0 Å². The fraction of sp³-hybridized carbons (Fsp3) is 0.250. The minimum atomic E-state index is 0.632. The Hall–Kier alpha value is -0.410. The van der Waals surface area contributed by atoms with Crippen molar-refractivity contribution in [2.45, 2.75) is 6.92 Å². The van der Waals surface area contributed by atoms with Gasteiger partial charge < -0.3 is 11.1 Å². The first-order chi connectivity index (χ1) is 5.57. The average molecular weight is 250 g/mol. The van der Waals surface area contributed by atoms with E-state index in [1.807, 2.05) is 13.0 Å². The molecule has 1 rings (SSSR count). The topological polar surface area (TPSA) is 38.0 Å². The Morgan fingerprint density at radius 3 is 2.67 bits per heavy atom. The average Bonchev–Trinajstić information content (AvgIpc) is 2.01. The Morgan fingerprint density at radius 1 is 1.58 bits per heavy atom. The summed E-state index contributed by atoms with van der Waals surface area (Å²) in [6.45, 7) is 1.94. The van der Waals surface area contributed by atoms with E-state index >= 15 is 0 Å². The van der Waals surface area contributed by atoms with Gasteiger partial charge in [-0.05, 0) is 18.6 Å². The summed E-state index contributed by atoms with van der Waals surface area (Å²) in [5, 5.41) is 3.59. The number of benzene rings is 1. The molecule has 66 valence electrons. The maximum atomic E-state index is 5.93. The second kappa shape index (κ2) is 3.54. The molecular weight excluding hydrogens is 239 g/mol. The summed E-state index contributed by atoms with van der Waals surface area (Å²) in [6, 6.07) is 1.83. The Balaban J connectivity index is 3.40. The number of nitrogens with two attached hydrogens (primary N) is 1. The summed E-state index contributed by atoms with van der Waals surface area (Å²) in [5.74, 6) is 0. The lowest BCUT2D eigenvalue weighted by molar-refractivity contribution is 1.40.